The summed E-state index contributed by atoms with van der Waals surface area (Å²) in [4.78, 5) is 24.6. The summed E-state index contributed by atoms with van der Waals surface area (Å²) in [6.07, 6.45) is 5.07. The van der Waals surface area contributed by atoms with Crippen LogP contribution >= 0.6 is 0 Å². The molecule has 1 aliphatic rings. The zero-order valence-corrected chi connectivity index (χ0v) is 13.6. The van der Waals surface area contributed by atoms with Gasteiger partial charge in [0.2, 0.25) is 0 Å². The number of hydrogen-bond donors (Lipinski definition) is 0. The van der Waals surface area contributed by atoms with E-state index in [9.17, 15) is 10.1 Å². The molecule has 0 spiro atoms. The summed E-state index contributed by atoms with van der Waals surface area (Å²) < 4.78 is 0. The van der Waals surface area contributed by atoms with E-state index in [0.717, 1.165) is 22.2 Å². The summed E-state index contributed by atoms with van der Waals surface area (Å²) in [6, 6.07) is 12.8. The number of benzene rings is 1. The van der Waals surface area contributed by atoms with Crippen LogP contribution in [0.5, 0.6) is 0 Å². The van der Waals surface area contributed by atoms with Gasteiger partial charge in [0, 0.05) is 34.5 Å². The van der Waals surface area contributed by atoms with E-state index in [0.29, 0.717) is 12.2 Å². The zero-order chi connectivity index (χ0) is 17.4. The summed E-state index contributed by atoms with van der Waals surface area (Å²) in [5.41, 5.74) is 2.22. The van der Waals surface area contributed by atoms with E-state index in [1.165, 1.54) is 4.90 Å². The number of aromatic nitrogens is 2. The molecule has 25 heavy (non-hydrogen) atoms. The third kappa shape index (κ3) is 2.46. The minimum atomic E-state index is -0.575. The number of urea groups is 1. The molecule has 0 bridgehead atoms. The number of amides is 2. The van der Waals surface area contributed by atoms with Crippen molar-refractivity contribution in [1.82, 2.24) is 9.97 Å². The second-order valence-electron chi connectivity index (χ2n) is 5.94. The van der Waals surface area contributed by atoms with Gasteiger partial charge in [-0.1, -0.05) is 24.3 Å². The SMILES string of the molecule is Cc1cc(N2CC(C#N)N(c3cncc4ccccc34)C2=O)ccn1. The number of carbonyl (C=O) groups is 1. The van der Waals surface area contributed by atoms with Crippen LogP contribution in [0.4, 0.5) is 16.2 Å². The lowest BCUT2D eigenvalue weighted by atomic mass is 10.1. The van der Waals surface area contributed by atoms with Gasteiger partial charge >= 0.3 is 6.03 Å². The topological polar surface area (TPSA) is 73.1 Å². The molecular formula is C19H15N5O. The molecule has 2 aromatic heterocycles. The maximum absolute atomic E-state index is 13.1. The van der Waals surface area contributed by atoms with E-state index in [-0.39, 0.29) is 6.03 Å². The molecule has 0 N–H and O–H groups in total. The standard InChI is InChI=1S/C19H15N5O/c1-13-8-15(6-7-22-13)23-12-16(9-20)24(19(23)25)18-11-21-10-14-4-2-3-5-17(14)18/h2-8,10-11,16H,12H2,1H3. The van der Waals surface area contributed by atoms with Crippen molar-refractivity contribution in [3.63, 3.8) is 0 Å². The Morgan fingerprint density at radius 2 is 2.08 bits per heavy atom. The molecule has 3 heterocycles. The van der Waals surface area contributed by atoms with Gasteiger partial charge in [0.1, 0.15) is 6.04 Å². The molecule has 6 heteroatoms. The van der Waals surface area contributed by atoms with E-state index >= 15 is 0 Å². The average molecular weight is 329 g/mol. The number of nitriles is 1. The van der Waals surface area contributed by atoms with E-state index in [4.69, 9.17) is 0 Å². The molecule has 1 unspecified atom stereocenters. The van der Waals surface area contributed by atoms with Crippen LogP contribution in [0.25, 0.3) is 10.8 Å². The Hall–Kier alpha value is -3.46. The van der Waals surface area contributed by atoms with Crippen molar-refractivity contribution in [3.05, 3.63) is 60.7 Å². The highest BCUT2D eigenvalue weighted by Gasteiger charge is 2.40. The number of rotatable bonds is 2. The van der Waals surface area contributed by atoms with Gasteiger partial charge < -0.3 is 0 Å². The van der Waals surface area contributed by atoms with E-state index in [2.05, 4.69) is 16.0 Å². The van der Waals surface area contributed by atoms with Crippen molar-refractivity contribution in [1.29, 1.82) is 5.26 Å². The maximum atomic E-state index is 13.1. The molecular weight excluding hydrogens is 314 g/mol. The Balaban J connectivity index is 1.81. The van der Waals surface area contributed by atoms with Crippen molar-refractivity contribution in [2.24, 2.45) is 0 Å². The molecule has 1 atom stereocenters. The molecule has 1 aromatic carbocycles. The van der Waals surface area contributed by atoms with Crippen LogP contribution in [0.1, 0.15) is 5.69 Å². The molecule has 2 amide bonds. The minimum absolute atomic E-state index is 0.227. The van der Waals surface area contributed by atoms with Crippen LogP contribution < -0.4 is 9.80 Å². The number of aryl methyl sites for hydroxylation is 1. The number of pyridine rings is 2. The Kier molecular flexibility index (Phi) is 3.55. The van der Waals surface area contributed by atoms with Crippen LogP contribution in [0.15, 0.2) is 55.0 Å². The first kappa shape index (κ1) is 15.1. The highest BCUT2D eigenvalue weighted by Crippen LogP contribution is 2.33. The second-order valence-corrected chi connectivity index (χ2v) is 5.94. The molecule has 0 radical (unpaired) electrons. The fourth-order valence-corrected chi connectivity index (χ4v) is 3.17. The average Bonchev–Trinajstić information content (AvgIpc) is 2.97. The van der Waals surface area contributed by atoms with Crippen molar-refractivity contribution < 1.29 is 4.79 Å². The first-order chi connectivity index (χ1) is 12.2. The molecule has 1 aliphatic heterocycles. The van der Waals surface area contributed by atoms with E-state index < -0.39 is 6.04 Å². The third-order valence-electron chi connectivity index (χ3n) is 4.35. The first-order valence-corrected chi connectivity index (χ1v) is 7.95. The number of nitrogens with zero attached hydrogens (tertiary/aromatic N) is 5. The van der Waals surface area contributed by atoms with Gasteiger partial charge in [0.05, 0.1) is 24.5 Å². The number of carbonyl (C=O) groups excluding carboxylic acids is 1. The largest absolute Gasteiger partial charge is 0.330 e. The fourth-order valence-electron chi connectivity index (χ4n) is 3.17. The van der Waals surface area contributed by atoms with E-state index in [1.54, 1.807) is 29.6 Å². The van der Waals surface area contributed by atoms with Crippen LogP contribution in [0.3, 0.4) is 0 Å². The number of hydrogen-bond acceptors (Lipinski definition) is 4. The zero-order valence-electron chi connectivity index (χ0n) is 13.6. The van der Waals surface area contributed by atoms with Gasteiger partial charge in [-0.2, -0.15) is 5.26 Å². The molecule has 122 valence electrons. The first-order valence-electron chi connectivity index (χ1n) is 7.95. The molecule has 1 fully saturated rings. The Labute approximate surface area is 145 Å². The lowest BCUT2D eigenvalue weighted by molar-refractivity contribution is 0.255. The highest BCUT2D eigenvalue weighted by atomic mass is 16.2. The summed E-state index contributed by atoms with van der Waals surface area (Å²) in [5.74, 6) is 0. The monoisotopic (exact) mass is 329 g/mol. The molecule has 0 saturated carbocycles. The van der Waals surface area contributed by atoms with Gasteiger partial charge in [-0.15, -0.1) is 0 Å². The molecule has 1 saturated heterocycles. The molecule has 6 nitrogen and oxygen atoms in total. The van der Waals surface area contributed by atoms with Crippen LogP contribution in [-0.4, -0.2) is 28.6 Å². The summed E-state index contributed by atoms with van der Waals surface area (Å²) in [6.45, 7) is 2.18. The summed E-state index contributed by atoms with van der Waals surface area (Å²) >= 11 is 0. The fraction of sp³-hybridized carbons (Fsp3) is 0.158. The van der Waals surface area contributed by atoms with Crippen LogP contribution in [0.2, 0.25) is 0 Å². The summed E-state index contributed by atoms with van der Waals surface area (Å²) in [7, 11) is 0. The van der Waals surface area contributed by atoms with Gasteiger partial charge in [0.25, 0.3) is 0 Å². The van der Waals surface area contributed by atoms with E-state index in [1.807, 2.05) is 37.3 Å². The Morgan fingerprint density at radius 1 is 1.24 bits per heavy atom. The molecule has 4 rings (SSSR count). The molecule has 3 aromatic rings. The maximum Gasteiger partial charge on any atom is 0.330 e. The normalized spacial score (nSPS) is 17.1. The predicted octanol–water partition coefficient (Wildman–Crippen LogP) is 3.28. The highest BCUT2D eigenvalue weighted by molar-refractivity contribution is 6.11. The van der Waals surface area contributed by atoms with Crippen molar-refractivity contribution in [2.45, 2.75) is 13.0 Å². The smallest absolute Gasteiger partial charge is 0.291 e. The Bertz CT molecular complexity index is 1000. The van der Waals surface area contributed by atoms with Crippen LogP contribution in [0, 0.1) is 18.3 Å². The van der Waals surface area contributed by atoms with Gasteiger partial charge in [0.15, 0.2) is 0 Å². The van der Waals surface area contributed by atoms with Gasteiger partial charge in [-0.05, 0) is 19.1 Å². The summed E-state index contributed by atoms with van der Waals surface area (Å²) in [5, 5.41) is 11.4. The second kappa shape index (κ2) is 5.87. The van der Waals surface area contributed by atoms with Crippen molar-refractivity contribution in [2.75, 3.05) is 16.3 Å². The van der Waals surface area contributed by atoms with Crippen molar-refractivity contribution >= 4 is 28.2 Å². The third-order valence-corrected chi connectivity index (χ3v) is 4.35. The quantitative estimate of drug-likeness (QED) is 0.723. The predicted molar refractivity (Wildman–Crippen MR) is 95.3 cm³/mol. The minimum Gasteiger partial charge on any atom is -0.291 e. The number of fused-ring (bicyclic) bond motifs is 1. The van der Waals surface area contributed by atoms with Crippen molar-refractivity contribution in [3.8, 4) is 6.07 Å². The lowest BCUT2D eigenvalue weighted by Crippen LogP contribution is -2.34. The molecule has 0 aliphatic carbocycles. The Morgan fingerprint density at radius 3 is 2.88 bits per heavy atom. The van der Waals surface area contributed by atoms with Gasteiger partial charge in [-0.25, -0.2) is 4.79 Å². The lowest BCUT2D eigenvalue weighted by Gasteiger charge is -2.21. The van der Waals surface area contributed by atoms with Crippen LogP contribution in [-0.2, 0) is 0 Å². The number of anilines is 2. The van der Waals surface area contributed by atoms with Gasteiger partial charge in [-0.3, -0.25) is 19.8 Å².